The number of nitrogens with zero attached hydrogens (tertiary/aromatic N) is 1. The van der Waals surface area contributed by atoms with E-state index in [1.54, 1.807) is 0 Å². The van der Waals surface area contributed by atoms with Gasteiger partial charge in [0.2, 0.25) is 5.91 Å². The third kappa shape index (κ3) is 2.69. The summed E-state index contributed by atoms with van der Waals surface area (Å²) in [5, 5.41) is 0. The fraction of sp³-hybridized carbons (Fsp3) is 0.900. The lowest BCUT2D eigenvalue weighted by molar-refractivity contribution is -0.119. The molecule has 1 aliphatic carbocycles. The molecule has 2 fully saturated rings. The van der Waals surface area contributed by atoms with E-state index in [0.29, 0.717) is 18.5 Å². The van der Waals surface area contributed by atoms with Gasteiger partial charge < -0.3 is 10.5 Å². The smallest absolute Gasteiger partial charge is 0.231 e. The van der Waals surface area contributed by atoms with Gasteiger partial charge in [-0.05, 0) is 25.2 Å². The fourth-order valence-electron chi connectivity index (χ4n) is 2.04. The zero-order valence-corrected chi connectivity index (χ0v) is 8.45. The lowest BCUT2D eigenvalue weighted by Gasteiger charge is -2.22. The van der Waals surface area contributed by atoms with Crippen LogP contribution in [0.3, 0.4) is 0 Å². The quantitative estimate of drug-likeness (QED) is 0.675. The van der Waals surface area contributed by atoms with Gasteiger partial charge in [0.15, 0.2) is 0 Å². The van der Waals surface area contributed by atoms with Crippen LogP contribution in [0.4, 0.5) is 0 Å². The Morgan fingerprint density at radius 1 is 1.43 bits per heavy atom. The molecule has 14 heavy (non-hydrogen) atoms. The summed E-state index contributed by atoms with van der Waals surface area (Å²) in [7, 11) is 0. The number of carbonyl (C=O) groups excluding carboxylic acids is 1. The zero-order valence-electron chi connectivity index (χ0n) is 8.45. The van der Waals surface area contributed by atoms with E-state index in [9.17, 15) is 4.79 Å². The second-order valence-corrected chi connectivity index (χ2v) is 4.36. The summed E-state index contributed by atoms with van der Waals surface area (Å²) in [6, 6.07) is 0.614. The van der Waals surface area contributed by atoms with Crippen molar-refractivity contribution in [2.45, 2.75) is 25.3 Å². The van der Waals surface area contributed by atoms with Crippen LogP contribution in [0.5, 0.6) is 0 Å². The van der Waals surface area contributed by atoms with Crippen molar-refractivity contribution in [1.82, 2.24) is 4.90 Å². The number of nitrogens with two attached hydrogens (primary N) is 1. The Kier molecular flexibility index (Phi) is 3.03. The summed E-state index contributed by atoms with van der Waals surface area (Å²) >= 11 is 0. The van der Waals surface area contributed by atoms with Gasteiger partial charge in [-0.3, -0.25) is 9.69 Å². The molecule has 0 spiro atoms. The van der Waals surface area contributed by atoms with Gasteiger partial charge in [0.1, 0.15) is 0 Å². The second kappa shape index (κ2) is 4.28. The van der Waals surface area contributed by atoms with Crippen LogP contribution >= 0.6 is 0 Å². The van der Waals surface area contributed by atoms with Crippen LogP contribution in [-0.2, 0) is 9.53 Å². The van der Waals surface area contributed by atoms with Crippen LogP contribution in [0.25, 0.3) is 0 Å². The van der Waals surface area contributed by atoms with E-state index in [1.165, 1.54) is 12.8 Å². The van der Waals surface area contributed by atoms with Crippen molar-refractivity contribution in [3.8, 4) is 0 Å². The first-order valence-corrected chi connectivity index (χ1v) is 5.36. The number of hydrogen-bond donors (Lipinski definition) is 1. The number of carbonyl (C=O) groups is 1. The van der Waals surface area contributed by atoms with Crippen LogP contribution < -0.4 is 5.73 Å². The maximum absolute atomic E-state index is 10.9. The van der Waals surface area contributed by atoms with Crippen molar-refractivity contribution in [2.24, 2.45) is 11.7 Å². The first-order valence-electron chi connectivity index (χ1n) is 5.36. The summed E-state index contributed by atoms with van der Waals surface area (Å²) in [6.45, 7) is 3.12. The number of primary amides is 1. The van der Waals surface area contributed by atoms with Gasteiger partial charge in [0, 0.05) is 19.2 Å². The van der Waals surface area contributed by atoms with Crippen molar-refractivity contribution >= 4 is 5.91 Å². The Morgan fingerprint density at radius 2 is 2.21 bits per heavy atom. The standard InChI is InChI=1S/C10H18N2O2/c11-10(13)6-12(9-1-2-9)5-8-3-4-14-7-8/h8-9H,1-7H2,(H2,11,13)/t8-/m0/s1. The van der Waals surface area contributed by atoms with Crippen molar-refractivity contribution in [2.75, 3.05) is 26.3 Å². The molecule has 1 heterocycles. The molecule has 2 aliphatic rings. The Hall–Kier alpha value is -0.610. The summed E-state index contributed by atoms with van der Waals surface area (Å²) in [5.74, 6) is 0.394. The van der Waals surface area contributed by atoms with E-state index in [0.717, 1.165) is 26.2 Å². The molecule has 0 radical (unpaired) electrons. The van der Waals surface area contributed by atoms with Gasteiger partial charge >= 0.3 is 0 Å². The van der Waals surface area contributed by atoms with E-state index in [2.05, 4.69) is 4.90 Å². The third-order valence-electron chi connectivity index (χ3n) is 2.94. The predicted octanol–water partition coefficient (Wildman–Crippen LogP) is -0.0274. The van der Waals surface area contributed by atoms with E-state index in [1.807, 2.05) is 0 Å². The molecular formula is C10H18N2O2. The molecule has 0 aromatic heterocycles. The summed E-state index contributed by atoms with van der Waals surface area (Å²) in [4.78, 5) is 13.1. The highest BCUT2D eigenvalue weighted by Gasteiger charge is 2.32. The molecule has 2 N–H and O–H groups in total. The molecule has 0 aromatic rings. The topological polar surface area (TPSA) is 55.6 Å². The van der Waals surface area contributed by atoms with Gasteiger partial charge in [0.25, 0.3) is 0 Å². The first-order chi connectivity index (χ1) is 6.75. The highest BCUT2D eigenvalue weighted by Crippen LogP contribution is 2.28. The van der Waals surface area contributed by atoms with Crippen molar-refractivity contribution in [3.63, 3.8) is 0 Å². The highest BCUT2D eigenvalue weighted by atomic mass is 16.5. The van der Waals surface area contributed by atoms with Crippen molar-refractivity contribution in [1.29, 1.82) is 0 Å². The largest absolute Gasteiger partial charge is 0.381 e. The summed E-state index contributed by atoms with van der Waals surface area (Å²) < 4.78 is 5.32. The zero-order chi connectivity index (χ0) is 9.97. The van der Waals surface area contributed by atoms with Crippen LogP contribution in [0.2, 0.25) is 0 Å². The van der Waals surface area contributed by atoms with E-state index >= 15 is 0 Å². The summed E-state index contributed by atoms with van der Waals surface area (Å²) in [5.41, 5.74) is 5.22. The Labute approximate surface area is 84.4 Å². The average molecular weight is 198 g/mol. The van der Waals surface area contributed by atoms with Gasteiger partial charge in [0.05, 0.1) is 13.2 Å². The first kappa shape index (κ1) is 9.93. The lowest BCUT2D eigenvalue weighted by atomic mass is 10.1. The van der Waals surface area contributed by atoms with Gasteiger partial charge in [-0.15, -0.1) is 0 Å². The Bertz CT molecular complexity index is 210. The number of amides is 1. The van der Waals surface area contributed by atoms with Gasteiger partial charge in [-0.1, -0.05) is 0 Å². The molecule has 0 aromatic carbocycles. The van der Waals surface area contributed by atoms with Crippen LogP contribution in [0, 0.1) is 5.92 Å². The molecule has 1 amide bonds. The minimum Gasteiger partial charge on any atom is -0.381 e. The van der Waals surface area contributed by atoms with Gasteiger partial charge in [-0.2, -0.15) is 0 Å². The maximum Gasteiger partial charge on any atom is 0.231 e. The molecule has 2 rings (SSSR count). The molecule has 4 nitrogen and oxygen atoms in total. The molecule has 1 saturated heterocycles. The normalized spacial score (nSPS) is 27.1. The van der Waals surface area contributed by atoms with Crippen molar-refractivity contribution < 1.29 is 9.53 Å². The third-order valence-corrected chi connectivity index (χ3v) is 2.94. The molecule has 4 heteroatoms. The Morgan fingerprint density at radius 3 is 2.71 bits per heavy atom. The fourth-order valence-corrected chi connectivity index (χ4v) is 2.04. The van der Waals surface area contributed by atoms with E-state index in [4.69, 9.17) is 10.5 Å². The minimum absolute atomic E-state index is 0.212. The van der Waals surface area contributed by atoms with E-state index < -0.39 is 0 Å². The Balaban J connectivity index is 1.80. The minimum atomic E-state index is -0.212. The molecule has 0 unspecified atom stereocenters. The van der Waals surface area contributed by atoms with Crippen LogP contribution in [0.15, 0.2) is 0 Å². The molecule has 0 bridgehead atoms. The van der Waals surface area contributed by atoms with E-state index in [-0.39, 0.29) is 5.91 Å². The number of ether oxygens (including phenoxy) is 1. The van der Waals surface area contributed by atoms with Crippen LogP contribution in [0.1, 0.15) is 19.3 Å². The SMILES string of the molecule is NC(=O)CN(C[C@@H]1CCOC1)C1CC1. The average Bonchev–Trinajstić information content (AvgIpc) is 2.85. The number of hydrogen-bond acceptors (Lipinski definition) is 3. The molecule has 1 aliphatic heterocycles. The lowest BCUT2D eigenvalue weighted by Crippen LogP contribution is -2.38. The number of rotatable bonds is 5. The van der Waals surface area contributed by atoms with Gasteiger partial charge in [-0.25, -0.2) is 0 Å². The molecule has 1 atom stereocenters. The molecule has 80 valence electrons. The maximum atomic E-state index is 10.9. The molecule has 1 saturated carbocycles. The predicted molar refractivity (Wildman–Crippen MR) is 52.7 cm³/mol. The van der Waals surface area contributed by atoms with Crippen LogP contribution in [-0.4, -0.2) is 43.2 Å². The molecular weight excluding hydrogens is 180 g/mol. The monoisotopic (exact) mass is 198 g/mol. The summed E-state index contributed by atoms with van der Waals surface area (Å²) in [6.07, 6.45) is 3.57. The van der Waals surface area contributed by atoms with Crippen molar-refractivity contribution in [3.05, 3.63) is 0 Å². The highest BCUT2D eigenvalue weighted by molar-refractivity contribution is 5.76. The second-order valence-electron chi connectivity index (χ2n) is 4.36.